The molecule has 2 saturated heterocycles. The Morgan fingerprint density at radius 1 is 1.14 bits per heavy atom. The highest BCUT2D eigenvalue weighted by atomic mass is 32.2. The number of thioether (sulfide) groups is 1. The van der Waals surface area contributed by atoms with Gasteiger partial charge in [0.25, 0.3) is 0 Å². The van der Waals surface area contributed by atoms with E-state index < -0.39 is 0 Å². The van der Waals surface area contributed by atoms with E-state index in [2.05, 4.69) is 32.4 Å². The van der Waals surface area contributed by atoms with Crippen LogP contribution in [0.4, 0.5) is 16.3 Å². The van der Waals surface area contributed by atoms with Crippen molar-refractivity contribution in [2.45, 2.75) is 31.3 Å². The van der Waals surface area contributed by atoms with Crippen molar-refractivity contribution in [3.05, 3.63) is 36.5 Å². The van der Waals surface area contributed by atoms with Gasteiger partial charge in [-0.2, -0.15) is 16.9 Å². The van der Waals surface area contributed by atoms with Gasteiger partial charge in [0.15, 0.2) is 0 Å². The lowest BCUT2D eigenvalue weighted by atomic mass is 10.0. The fourth-order valence-electron chi connectivity index (χ4n) is 4.03. The Morgan fingerprint density at radius 2 is 1.96 bits per heavy atom. The zero-order valence-corrected chi connectivity index (χ0v) is 17.0. The molecule has 2 aliphatic rings. The van der Waals surface area contributed by atoms with Crippen LogP contribution in [0, 0.1) is 0 Å². The molecule has 0 saturated carbocycles. The van der Waals surface area contributed by atoms with E-state index in [1.165, 1.54) is 17.9 Å². The van der Waals surface area contributed by atoms with Crippen molar-refractivity contribution >= 4 is 29.3 Å². The lowest BCUT2D eigenvalue weighted by Gasteiger charge is -2.36. The van der Waals surface area contributed by atoms with E-state index in [0.717, 1.165) is 37.8 Å². The monoisotopic (exact) mass is 401 g/mol. The molecule has 2 N–H and O–H groups in total. The van der Waals surface area contributed by atoms with Crippen LogP contribution in [0.2, 0.25) is 0 Å². The highest BCUT2D eigenvalue weighted by Crippen LogP contribution is 2.30. The number of aromatic nitrogens is 2. The molecular weight excluding hydrogens is 374 g/mol. The number of para-hydroxylation sites is 2. The zero-order valence-electron chi connectivity index (χ0n) is 16.1. The first kappa shape index (κ1) is 19.1. The van der Waals surface area contributed by atoms with E-state index in [1.54, 1.807) is 13.3 Å². The second-order valence-corrected chi connectivity index (χ2v) is 8.37. The van der Waals surface area contributed by atoms with Crippen LogP contribution in [0.3, 0.4) is 0 Å². The van der Waals surface area contributed by atoms with Crippen LogP contribution < -0.4 is 15.4 Å². The number of benzene rings is 1. The molecule has 0 aliphatic carbocycles. The van der Waals surface area contributed by atoms with Crippen LogP contribution in [-0.4, -0.2) is 58.5 Å². The van der Waals surface area contributed by atoms with Crippen LogP contribution in [0.25, 0.3) is 0 Å². The van der Waals surface area contributed by atoms with Gasteiger partial charge in [0.1, 0.15) is 11.6 Å². The second kappa shape index (κ2) is 8.87. The highest BCUT2D eigenvalue weighted by molar-refractivity contribution is 7.99. The number of nitrogens with one attached hydrogen (secondary N) is 2. The van der Waals surface area contributed by atoms with E-state index in [4.69, 9.17) is 4.74 Å². The van der Waals surface area contributed by atoms with E-state index in [1.807, 2.05) is 35.0 Å². The molecule has 4 rings (SSSR count). The maximum atomic E-state index is 12.5. The summed E-state index contributed by atoms with van der Waals surface area (Å²) >= 11 is 2.06. The van der Waals surface area contributed by atoms with Gasteiger partial charge < -0.3 is 10.1 Å². The van der Waals surface area contributed by atoms with E-state index in [0.29, 0.717) is 17.5 Å². The number of carbonyl (C=O) groups excluding carboxylic acids is 1. The third-order valence-electron chi connectivity index (χ3n) is 5.53. The normalized spacial score (nSPS) is 20.8. The van der Waals surface area contributed by atoms with Gasteiger partial charge >= 0.3 is 6.03 Å². The summed E-state index contributed by atoms with van der Waals surface area (Å²) < 4.78 is 7.25. The van der Waals surface area contributed by atoms with Crippen LogP contribution in [0.1, 0.15) is 25.3 Å². The number of anilines is 2. The predicted molar refractivity (Wildman–Crippen MR) is 113 cm³/mol. The lowest BCUT2D eigenvalue weighted by Crippen LogP contribution is -2.42. The van der Waals surface area contributed by atoms with Crippen molar-refractivity contribution in [2.24, 2.45) is 0 Å². The number of hydrogen-bond donors (Lipinski definition) is 2. The number of rotatable bonds is 5. The quantitative estimate of drug-likeness (QED) is 0.800. The first-order chi connectivity index (χ1) is 13.7. The minimum absolute atomic E-state index is 0.299. The Labute approximate surface area is 169 Å². The summed E-state index contributed by atoms with van der Waals surface area (Å²) in [5.74, 6) is 3.91. The van der Waals surface area contributed by atoms with Crippen molar-refractivity contribution in [1.29, 1.82) is 0 Å². The van der Waals surface area contributed by atoms with Gasteiger partial charge in [0, 0.05) is 31.0 Å². The number of piperidine rings is 1. The molecule has 1 aromatic heterocycles. The molecule has 28 heavy (non-hydrogen) atoms. The van der Waals surface area contributed by atoms with Crippen molar-refractivity contribution in [3.8, 4) is 5.75 Å². The van der Waals surface area contributed by atoms with Crippen LogP contribution in [-0.2, 0) is 0 Å². The van der Waals surface area contributed by atoms with Crippen LogP contribution in [0.5, 0.6) is 5.75 Å². The fourth-order valence-corrected chi connectivity index (χ4v) is 5.28. The molecule has 0 spiro atoms. The maximum absolute atomic E-state index is 12.5. The Balaban J connectivity index is 1.36. The van der Waals surface area contributed by atoms with E-state index >= 15 is 0 Å². The van der Waals surface area contributed by atoms with Crippen molar-refractivity contribution < 1.29 is 9.53 Å². The SMILES string of the molecule is COc1ccccc1NC(=O)Nc1ccnn1C1CCN([C@H]2CCSC2)CC1. The summed E-state index contributed by atoms with van der Waals surface area (Å²) in [6, 6.07) is 9.97. The molecule has 1 atom stereocenters. The Morgan fingerprint density at radius 3 is 2.71 bits per heavy atom. The third-order valence-corrected chi connectivity index (χ3v) is 6.68. The number of nitrogens with zero attached hydrogens (tertiary/aromatic N) is 3. The van der Waals surface area contributed by atoms with E-state index in [9.17, 15) is 4.79 Å². The fraction of sp³-hybridized carbons (Fsp3) is 0.500. The van der Waals surface area contributed by atoms with Gasteiger partial charge in [-0.15, -0.1) is 0 Å². The van der Waals surface area contributed by atoms with Crippen LogP contribution in [0.15, 0.2) is 36.5 Å². The molecule has 7 nitrogen and oxygen atoms in total. The van der Waals surface area contributed by atoms with Gasteiger partial charge in [0.05, 0.1) is 25.0 Å². The number of urea groups is 1. The number of hydrogen-bond acceptors (Lipinski definition) is 5. The molecule has 2 aromatic rings. The Hall–Kier alpha value is -2.19. The molecule has 150 valence electrons. The Kier molecular flexibility index (Phi) is 6.07. The maximum Gasteiger partial charge on any atom is 0.324 e. The molecule has 2 fully saturated rings. The largest absolute Gasteiger partial charge is 0.495 e. The molecular formula is C20H27N5O2S. The minimum Gasteiger partial charge on any atom is -0.495 e. The van der Waals surface area contributed by atoms with Crippen molar-refractivity contribution in [3.63, 3.8) is 0 Å². The molecule has 2 amide bonds. The number of amides is 2. The average Bonchev–Trinajstić information content (AvgIpc) is 3.41. The first-order valence-electron chi connectivity index (χ1n) is 9.81. The minimum atomic E-state index is -0.299. The molecule has 0 bridgehead atoms. The zero-order chi connectivity index (χ0) is 19.3. The lowest BCUT2D eigenvalue weighted by molar-refractivity contribution is 0.142. The number of ether oxygens (including phenoxy) is 1. The number of methoxy groups -OCH3 is 1. The molecule has 3 heterocycles. The van der Waals surface area contributed by atoms with Gasteiger partial charge in [-0.05, 0) is 37.1 Å². The summed E-state index contributed by atoms with van der Waals surface area (Å²) in [7, 11) is 1.59. The molecule has 0 unspecified atom stereocenters. The summed E-state index contributed by atoms with van der Waals surface area (Å²) in [6.45, 7) is 2.20. The summed E-state index contributed by atoms with van der Waals surface area (Å²) in [5.41, 5.74) is 0.635. The third kappa shape index (κ3) is 4.28. The van der Waals surface area contributed by atoms with Crippen molar-refractivity contribution in [1.82, 2.24) is 14.7 Å². The summed E-state index contributed by atoms with van der Waals surface area (Å²) in [6.07, 6.45) is 5.18. The summed E-state index contributed by atoms with van der Waals surface area (Å²) in [5, 5.41) is 10.3. The van der Waals surface area contributed by atoms with Crippen molar-refractivity contribution in [2.75, 3.05) is 42.3 Å². The van der Waals surface area contributed by atoms with Gasteiger partial charge in [-0.3, -0.25) is 10.2 Å². The van der Waals surface area contributed by atoms with Crippen LogP contribution >= 0.6 is 11.8 Å². The second-order valence-electron chi connectivity index (χ2n) is 7.22. The standard InChI is InChI=1S/C20H27N5O2S/c1-27-18-5-3-2-4-17(18)22-20(26)23-19-6-10-21-25(19)15-7-11-24(12-8-15)16-9-13-28-14-16/h2-6,10,15-16H,7-9,11-14H2,1H3,(H2,22,23,26)/t16-/m0/s1. The predicted octanol–water partition coefficient (Wildman–Crippen LogP) is 3.68. The van der Waals surface area contributed by atoms with Gasteiger partial charge in [0.2, 0.25) is 0 Å². The van der Waals surface area contributed by atoms with Gasteiger partial charge in [-0.25, -0.2) is 9.48 Å². The smallest absolute Gasteiger partial charge is 0.324 e. The Bertz CT molecular complexity index is 797. The summed E-state index contributed by atoms with van der Waals surface area (Å²) in [4.78, 5) is 15.1. The van der Waals surface area contributed by atoms with Gasteiger partial charge in [-0.1, -0.05) is 12.1 Å². The average molecular weight is 402 g/mol. The highest BCUT2D eigenvalue weighted by Gasteiger charge is 2.29. The topological polar surface area (TPSA) is 71.4 Å². The molecule has 0 radical (unpaired) electrons. The number of likely N-dealkylation sites (tertiary alicyclic amines) is 1. The number of carbonyl (C=O) groups is 1. The molecule has 1 aromatic carbocycles. The molecule has 2 aliphatic heterocycles. The van der Waals surface area contributed by atoms with E-state index in [-0.39, 0.29) is 6.03 Å². The first-order valence-corrected chi connectivity index (χ1v) is 11.0. The molecule has 8 heteroatoms.